The van der Waals surface area contributed by atoms with Gasteiger partial charge < -0.3 is 20.6 Å². The first-order chi connectivity index (χ1) is 11.0. The van der Waals surface area contributed by atoms with E-state index in [1.807, 2.05) is 12.1 Å². The van der Waals surface area contributed by atoms with Gasteiger partial charge in [-0.1, -0.05) is 0 Å². The van der Waals surface area contributed by atoms with Crippen LogP contribution in [0, 0.1) is 3.57 Å². The van der Waals surface area contributed by atoms with Crippen molar-refractivity contribution in [1.29, 1.82) is 0 Å². The molecule has 1 atom stereocenters. The number of likely N-dealkylation sites (N-methyl/N-ethyl adjacent to an activating group) is 1. The lowest BCUT2D eigenvalue weighted by atomic mass is 10.0. The first kappa shape index (κ1) is 15.2. The standard InChI is InChI=1S/C16H16IN3O2S/c1-20-5-4-9-12(7-20)23-16-13(9)15(22)18-14(19-16)10-6-8(17)2-3-11(10)21/h2-3,6,14,19,21H,4-5,7H2,1H3,(H,18,22)/t14-/m1/s1. The molecule has 5 nitrogen and oxygen atoms in total. The number of halogens is 1. The van der Waals surface area contributed by atoms with E-state index in [0.717, 1.165) is 33.6 Å². The van der Waals surface area contributed by atoms with Crippen LogP contribution in [0.15, 0.2) is 18.2 Å². The fourth-order valence-corrected chi connectivity index (χ4v) is 5.02. The van der Waals surface area contributed by atoms with Crippen LogP contribution in [0.4, 0.5) is 5.00 Å². The van der Waals surface area contributed by atoms with Gasteiger partial charge in [-0.05, 0) is 59.8 Å². The molecule has 0 bridgehead atoms. The van der Waals surface area contributed by atoms with E-state index in [0.29, 0.717) is 5.56 Å². The van der Waals surface area contributed by atoms with Crippen LogP contribution in [0.25, 0.3) is 0 Å². The molecule has 120 valence electrons. The molecule has 0 spiro atoms. The minimum Gasteiger partial charge on any atom is -0.508 e. The summed E-state index contributed by atoms with van der Waals surface area (Å²) < 4.78 is 1.02. The molecular weight excluding hydrogens is 425 g/mol. The number of amides is 1. The van der Waals surface area contributed by atoms with Gasteiger partial charge in [-0.25, -0.2) is 0 Å². The molecule has 23 heavy (non-hydrogen) atoms. The van der Waals surface area contributed by atoms with Gasteiger partial charge in [0.25, 0.3) is 5.91 Å². The van der Waals surface area contributed by atoms with Gasteiger partial charge in [-0.2, -0.15) is 0 Å². The molecule has 1 aromatic carbocycles. The molecule has 1 amide bonds. The van der Waals surface area contributed by atoms with E-state index in [1.165, 1.54) is 10.4 Å². The van der Waals surface area contributed by atoms with Crippen LogP contribution in [-0.4, -0.2) is 29.5 Å². The van der Waals surface area contributed by atoms with Crippen LogP contribution in [0.1, 0.15) is 32.5 Å². The third kappa shape index (κ3) is 2.60. The summed E-state index contributed by atoms with van der Waals surface area (Å²) in [6, 6.07) is 5.39. The maximum absolute atomic E-state index is 12.6. The number of benzene rings is 1. The number of carbonyl (C=O) groups excluding carboxylic acids is 1. The highest BCUT2D eigenvalue weighted by Crippen LogP contribution is 2.41. The molecule has 0 aliphatic carbocycles. The third-order valence-corrected chi connectivity index (χ3v) is 6.15. The van der Waals surface area contributed by atoms with Gasteiger partial charge in [-0.15, -0.1) is 11.3 Å². The Morgan fingerprint density at radius 3 is 3.04 bits per heavy atom. The van der Waals surface area contributed by atoms with Gasteiger partial charge in [0.2, 0.25) is 0 Å². The van der Waals surface area contributed by atoms with Crippen molar-refractivity contribution in [3.63, 3.8) is 0 Å². The zero-order chi connectivity index (χ0) is 16.1. The number of nitrogens with one attached hydrogen (secondary N) is 2. The Hall–Kier alpha value is -1.32. The lowest BCUT2D eigenvalue weighted by Gasteiger charge is -2.27. The molecule has 7 heteroatoms. The lowest BCUT2D eigenvalue weighted by Crippen LogP contribution is -2.38. The topological polar surface area (TPSA) is 64.6 Å². The van der Waals surface area contributed by atoms with E-state index in [-0.39, 0.29) is 11.7 Å². The van der Waals surface area contributed by atoms with Gasteiger partial charge in [0.05, 0.1) is 5.56 Å². The SMILES string of the molecule is CN1CCc2c(sc3c2C(=O)N[C@@H](c2cc(I)ccc2O)N3)C1. The Morgan fingerprint density at radius 1 is 1.39 bits per heavy atom. The van der Waals surface area contributed by atoms with Crippen molar-refractivity contribution in [2.45, 2.75) is 19.1 Å². The van der Waals surface area contributed by atoms with Crippen LogP contribution in [-0.2, 0) is 13.0 Å². The highest BCUT2D eigenvalue weighted by molar-refractivity contribution is 14.1. The van der Waals surface area contributed by atoms with E-state index < -0.39 is 6.17 Å². The Bertz CT molecular complexity index is 805. The molecule has 2 aliphatic rings. The largest absolute Gasteiger partial charge is 0.508 e. The van der Waals surface area contributed by atoms with Crippen LogP contribution in [0.5, 0.6) is 5.75 Å². The predicted molar refractivity (Wildman–Crippen MR) is 99.0 cm³/mol. The number of phenolic OH excluding ortho intramolecular Hbond substituents is 1. The van der Waals surface area contributed by atoms with Crippen LogP contribution in [0.3, 0.4) is 0 Å². The van der Waals surface area contributed by atoms with Gasteiger partial charge in [0.1, 0.15) is 16.9 Å². The summed E-state index contributed by atoms with van der Waals surface area (Å²) in [6.45, 7) is 1.87. The lowest BCUT2D eigenvalue weighted by molar-refractivity contribution is 0.0934. The van der Waals surface area contributed by atoms with E-state index in [9.17, 15) is 9.90 Å². The van der Waals surface area contributed by atoms with E-state index in [4.69, 9.17) is 0 Å². The highest BCUT2D eigenvalue weighted by atomic mass is 127. The number of hydrogen-bond donors (Lipinski definition) is 3. The first-order valence-electron chi connectivity index (χ1n) is 7.42. The monoisotopic (exact) mass is 441 g/mol. The second-order valence-electron chi connectivity index (χ2n) is 5.95. The molecular formula is C16H16IN3O2S. The van der Waals surface area contributed by atoms with E-state index in [2.05, 4.69) is 45.2 Å². The third-order valence-electron chi connectivity index (χ3n) is 4.33. The normalized spacial score (nSPS) is 20.4. The van der Waals surface area contributed by atoms with Crippen molar-refractivity contribution in [3.8, 4) is 5.75 Å². The summed E-state index contributed by atoms with van der Waals surface area (Å²) >= 11 is 3.86. The Labute approximate surface area is 151 Å². The number of aromatic hydroxyl groups is 1. The summed E-state index contributed by atoms with van der Waals surface area (Å²) in [7, 11) is 2.10. The number of phenols is 1. The zero-order valence-corrected chi connectivity index (χ0v) is 15.5. The van der Waals surface area contributed by atoms with E-state index in [1.54, 1.807) is 17.4 Å². The molecule has 3 N–H and O–H groups in total. The predicted octanol–water partition coefficient (Wildman–Crippen LogP) is 2.90. The van der Waals surface area contributed by atoms with Crippen molar-refractivity contribution in [3.05, 3.63) is 43.3 Å². The highest BCUT2D eigenvalue weighted by Gasteiger charge is 2.33. The van der Waals surface area contributed by atoms with Crippen molar-refractivity contribution >= 4 is 44.8 Å². The molecule has 2 aromatic rings. The van der Waals surface area contributed by atoms with Crippen molar-refractivity contribution in [2.24, 2.45) is 0 Å². The fourth-order valence-electron chi connectivity index (χ4n) is 3.16. The molecule has 0 radical (unpaired) electrons. The summed E-state index contributed by atoms with van der Waals surface area (Å²) in [5.74, 6) is 0.136. The average Bonchev–Trinajstić information content (AvgIpc) is 2.87. The molecule has 3 heterocycles. The molecule has 0 unspecified atom stereocenters. The summed E-state index contributed by atoms with van der Waals surface area (Å²) in [5.41, 5.74) is 2.66. The Kier molecular flexibility index (Phi) is 3.73. The fraction of sp³-hybridized carbons (Fsp3) is 0.312. The van der Waals surface area contributed by atoms with Gasteiger partial charge in [0, 0.05) is 27.1 Å². The number of thiophene rings is 1. The van der Waals surface area contributed by atoms with Gasteiger partial charge in [0.15, 0.2) is 0 Å². The van der Waals surface area contributed by atoms with Gasteiger partial charge >= 0.3 is 0 Å². The van der Waals surface area contributed by atoms with Crippen molar-refractivity contribution in [1.82, 2.24) is 10.2 Å². The zero-order valence-electron chi connectivity index (χ0n) is 12.5. The number of fused-ring (bicyclic) bond motifs is 3. The average molecular weight is 441 g/mol. The molecule has 4 rings (SSSR count). The second kappa shape index (κ2) is 5.64. The molecule has 0 fully saturated rings. The van der Waals surface area contributed by atoms with Crippen molar-refractivity contribution < 1.29 is 9.90 Å². The maximum atomic E-state index is 12.6. The summed E-state index contributed by atoms with van der Waals surface area (Å²) in [4.78, 5) is 16.2. The number of hydrogen-bond acceptors (Lipinski definition) is 5. The number of rotatable bonds is 1. The minimum atomic E-state index is -0.400. The second-order valence-corrected chi connectivity index (χ2v) is 8.30. The first-order valence-corrected chi connectivity index (χ1v) is 9.31. The maximum Gasteiger partial charge on any atom is 0.256 e. The summed E-state index contributed by atoms with van der Waals surface area (Å²) in [6.07, 6.45) is 0.508. The molecule has 0 saturated carbocycles. The smallest absolute Gasteiger partial charge is 0.256 e. The molecule has 1 aromatic heterocycles. The summed E-state index contributed by atoms with van der Waals surface area (Å²) in [5, 5.41) is 17.4. The Balaban J connectivity index is 1.73. The van der Waals surface area contributed by atoms with Gasteiger partial charge in [-0.3, -0.25) is 4.79 Å². The number of anilines is 1. The van der Waals surface area contributed by atoms with E-state index >= 15 is 0 Å². The quantitative estimate of drug-likeness (QED) is 0.596. The van der Waals surface area contributed by atoms with Crippen LogP contribution in [0.2, 0.25) is 0 Å². The minimum absolute atomic E-state index is 0.0518. The number of nitrogens with zero attached hydrogens (tertiary/aromatic N) is 1. The molecule has 2 aliphatic heterocycles. The Morgan fingerprint density at radius 2 is 2.22 bits per heavy atom. The van der Waals surface area contributed by atoms with Crippen LogP contribution >= 0.6 is 33.9 Å². The van der Waals surface area contributed by atoms with Crippen molar-refractivity contribution in [2.75, 3.05) is 18.9 Å². The molecule has 0 saturated heterocycles. The number of carbonyl (C=O) groups is 1. The van der Waals surface area contributed by atoms with Crippen LogP contribution < -0.4 is 10.6 Å².